The van der Waals surface area contributed by atoms with E-state index in [4.69, 9.17) is 9.47 Å². The van der Waals surface area contributed by atoms with Gasteiger partial charge in [0.2, 0.25) is 0 Å². The lowest BCUT2D eigenvalue weighted by Gasteiger charge is -2.15. The molecule has 0 aliphatic heterocycles. The van der Waals surface area contributed by atoms with E-state index in [2.05, 4.69) is 4.72 Å². The molecule has 7 heteroatoms. The Kier molecular flexibility index (Phi) is 4.56. The zero-order chi connectivity index (χ0) is 16.3. The van der Waals surface area contributed by atoms with E-state index in [1.54, 1.807) is 6.07 Å². The number of sulfonamides is 1. The van der Waals surface area contributed by atoms with Crippen molar-refractivity contribution < 1.29 is 22.3 Å². The first-order chi connectivity index (χ1) is 10.4. The normalized spacial score (nSPS) is 11.1. The molecule has 0 aliphatic carbocycles. The predicted octanol–water partition coefficient (Wildman–Crippen LogP) is 2.95. The SMILES string of the molecule is COc1cc(NS(=O)(=O)c2ccc(F)cc2)c(OC)cc1C. The number of ether oxygens (including phenoxy) is 2. The zero-order valence-electron chi connectivity index (χ0n) is 12.4. The average molecular weight is 325 g/mol. The standard InChI is InChI=1S/C15H16FNO4S/c1-10-8-15(21-3)13(9-14(10)20-2)17-22(18,19)12-6-4-11(16)5-7-12/h4-9,17H,1-3H3. The number of hydrogen-bond acceptors (Lipinski definition) is 4. The number of aryl methyl sites for hydroxylation is 1. The monoisotopic (exact) mass is 325 g/mol. The fourth-order valence-corrected chi connectivity index (χ4v) is 3.01. The molecule has 0 unspecified atom stereocenters. The number of nitrogens with one attached hydrogen (secondary N) is 1. The lowest BCUT2D eigenvalue weighted by Crippen LogP contribution is -2.14. The number of benzene rings is 2. The van der Waals surface area contributed by atoms with Crippen molar-refractivity contribution >= 4 is 15.7 Å². The molecule has 1 N–H and O–H groups in total. The van der Waals surface area contributed by atoms with Gasteiger partial charge in [-0.15, -0.1) is 0 Å². The minimum absolute atomic E-state index is 0.0458. The van der Waals surface area contributed by atoms with Crippen LogP contribution in [0.3, 0.4) is 0 Å². The molecule has 0 bridgehead atoms. The average Bonchev–Trinajstić information content (AvgIpc) is 2.48. The summed E-state index contributed by atoms with van der Waals surface area (Å²) in [6, 6.07) is 7.75. The molecule has 0 spiro atoms. The van der Waals surface area contributed by atoms with Crippen LogP contribution in [-0.2, 0) is 10.0 Å². The van der Waals surface area contributed by atoms with Gasteiger partial charge in [0.1, 0.15) is 17.3 Å². The van der Waals surface area contributed by atoms with E-state index in [0.29, 0.717) is 11.5 Å². The molecule has 5 nitrogen and oxygen atoms in total. The summed E-state index contributed by atoms with van der Waals surface area (Å²) in [4.78, 5) is -0.0458. The summed E-state index contributed by atoms with van der Waals surface area (Å²) in [5.74, 6) is 0.384. The second-order valence-corrected chi connectivity index (χ2v) is 6.26. The van der Waals surface area contributed by atoms with Crippen molar-refractivity contribution in [2.45, 2.75) is 11.8 Å². The van der Waals surface area contributed by atoms with Crippen LogP contribution in [0, 0.1) is 12.7 Å². The molecule has 0 amide bonds. The second-order valence-electron chi connectivity index (χ2n) is 4.58. The largest absolute Gasteiger partial charge is 0.496 e. The zero-order valence-corrected chi connectivity index (χ0v) is 13.2. The van der Waals surface area contributed by atoms with E-state index in [1.165, 1.54) is 32.4 Å². The lowest BCUT2D eigenvalue weighted by atomic mass is 10.2. The predicted molar refractivity (Wildman–Crippen MR) is 81.5 cm³/mol. The molecule has 0 heterocycles. The van der Waals surface area contributed by atoms with Crippen LogP contribution in [-0.4, -0.2) is 22.6 Å². The van der Waals surface area contributed by atoms with Crippen molar-refractivity contribution in [1.82, 2.24) is 0 Å². The van der Waals surface area contributed by atoms with Crippen LogP contribution in [0.5, 0.6) is 11.5 Å². The summed E-state index contributed by atoms with van der Waals surface area (Å²) in [6.45, 7) is 1.82. The molecule has 0 saturated carbocycles. The summed E-state index contributed by atoms with van der Waals surface area (Å²) < 4.78 is 50.4. The first-order valence-electron chi connectivity index (χ1n) is 6.38. The Balaban J connectivity index is 2.42. The molecule has 0 saturated heterocycles. The van der Waals surface area contributed by atoms with Crippen LogP contribution in [0.15, 0.2) is 41.3 Å². The van der Waals surface area contributed by atoms with Crippen LogP contribution in [0.2, 0.25) is 0 Å². The third-order valence-electron chi connectivity index (χ3n) is 3.09. The van der Waals surface area contributed by atoms with Crippen molar-refractivity contribution in [2.75, 3.05) is 18.9 Å². The van der Waals surface area contributed by atoms with E-state index >= 15 is 0 Å². The fraction of sp³-hybridized carbons (Fsp3) is 0.200. The minimum Gasteiger partial charge on any atom is -0.496 e. The highest BCUT2D eigenvalue weighted by atomic mass is 32.2. The topological polar surface area (TPSA) is 64.6 Å². The fourth-order valence-electron chi connectivity index (χ4n) is 1.95. The maximum absolute atomic E-state index is 12.9. The van der Waals surface area contributed by atoms with Crippen molar-refractivity contribution in [3.63, 3.8) is 0 Å². The van der Waals surface area contributed by atoms with Gasteiger partial charge in [-0.2, -0.15) is 0 Å². The molecular weight excluding hydrogens is 309 g/mol. The van der Waals surface area contributed by atoms with Crippen molar-refractivity contribution in [1.29, 1.82) is 0 Å². The quantitative estimate of drug-likeness (QED) is 0.918. The van der Waals surface area contributed by atoms with E-state index in [-0.39, 0.29) is 10.6 Å². The van der Waals surface area contributed by atoms with Gasteiger partial charge >= 0.3 is 0 Å². The highest BCUT2D eigenvalue weighted by Gasteiger charge is 2.18. The Morgan fingerprint density at radius 3 is 2.14 bits per heavy atom. The van der Waals surface area contributed by atoms with Gasteiger partial charge < -0.3 is 9.47 Å². The van der Waals surface area contributed by atoms with Gasteiger partial charge in [-0.1, -0.05) is 0 Å². The minimum atomic E-state index is -3.85. The van der Waals surface area contributed by atoms with Gasteiger partial charge in [0.15, 0.2) is 0 Å². The summed E-state index contributed by atoms with van der Waals surface area (Å²) in [5, 5.41) is 0. The number of anilines is 1. The van der Waals surface area contributed by atoms with Gasteiger partial charge in [0, 0.05) is 6.07 Å². The Bertz CT molecular complexity index is 773. The number of hydrogen-bond donors (Lipinski definition) is 1. The first kappa shape index (κ1) is 16.1. The number of methoxy groups -OCH3 is 2. The molecule has 2 rings (SSSR count). The van der Waals surface area contributed by atoms with Crippen molar-refractivity contribution in [3.8, 4) is 11.5 Å². The Morgan fingerprint density at radius 2 is 1.59 bits per heavy atom. The number of rotatable bonds is 5. The summed E-state index contributed by atoms with van der Waals surface area (Å²) >= 11 is 0. The molecule has 118 valence electrons. The van der Waals surface area contributed by atoms with Gasteiger partial charge in [-0.05, 0) is 42.8 Å². The van der Waals surface area contributed by atoms with E-state index in [1.807, 2.05) is 6.92 Å². The van der Waals surface area contributed by atoms with E-state index < -0.39 is 15.8 Å². The molecule has 0 radical (unpaired) electrons. The van der Waals surface area contributed by atoms with Gasteiger partial charge in [-0.25, -0.2) is 12.8 Å². The summed E-state index contributed by atoms with van der Waals surface area (Å²) in [7, 11) is -0.918. The number of halogens is 1. The molecule has 0 fully saturated rings. The van der Waals surface area contributed by atoms with Crippen LogP contribution >= 0.6 is 0 Å². The molecule has 2 aromatic carbocycles. The molecule has 0 aliphatic rings. The second kappa shape index (κ2) is 6.23. The molecular formula is C15H16FNO4S. The molecule has 22 heavy (non-hydrogen) atoms. The molecule has 2 aromatic rings. The maximum atomic E-state index is 12.9. The molecule has 0 aromatic heterocycles. The third kappa shape index (κ3) is 3.30. The van der Waals surface area contributed by atoms with E-state index in [9.17, 15) is 12.8 Å². The van der Waals surface area contributed by atoms with Gasteiger partial charge in [0.05, 0.1) is 24.8 Å². The summed E-state index contributed by atoms with van der Waals surface area (Å²) in [5.41, 5.74) is 1.05. The maximum Gasteiger partial charge on any atom is 0.262 e. The highest BCUT2D eigenvalue weighted by Crippen LogP contribution is 2.33. The van der Waals surface area contributed by atoms with Crippen LogP contribution < -0.4 is 14.2 Å². The first-order valence-corrected chi connectivity index (χ1v) is 7.86. The van der Waals surface area contributed by atoms with Gasteiger partial charge in [-0.3, -0.25) is 4.72 Å². The van der Waals surface area contributed by atoms with E-state index in [0.717, 1.165) is 17.7 Å². The van der Waals surface area contributed by atoms with Crippen molar-refractivity contribution in [2.24, 2.45) is 0 Å². The Hall–Kier alpha value is -2.28. The van der Waals surface area contributed by atoms with Crippen LogP contribution in [0.25, 0.3) is 0 Å². The highest BCUT2D eigenvalue weighted by molar-refractivity contribution is 7.92. The Labute approximate surface area is 128 Å². The third-order valence-corrected chi connectivity index (χ3v) is 4.47. The van der Waals surface area contributed by atoms with Gasteiger partial charge in [0.25, 0.3) is 10.0 Å². The summed E-state index contributed by atoms with van der Waals surface area (Å²) in [6.07, 6.45) is 0. The van der Waals surface area contributed by atoms with Crippen LogP contribution in [0.1, 0.15) is 5.56 Å². The molecule has 0 atom stereocenters. The van der Waals surface area contributed by atoms with Crippen molar-refractivity contribution in [3.05, 3.63) is 47.8 Å². The van der Waals surface area contributed by atoms with Crippen LogP contribution in [0.4, 0.5) is 10.1 Å². The smallest absolute Gasteiger partial charge is 0.262 e. The Morgan fingerprint density at radius 1 is 1.00 bits per heavy atom. The lowest BCUT2D eigenvalue weighted by molar-refractivity contribution is 0.402.